The van der Waals surface area contributed by atoms with Gasteiger partial charge in [0.2, 0.25) is 0 Å². The lowest BCUT2D eigenvalue weighted by molar-refractivity contribution is -0.110. The highest BCUT2D eigenvalue weighted by atomic mass is 19.3. The number of nitriles is 1. The second-order valence-electron chi connectivity index (χ2n) is 4.00. The van der Waals surface area contributed by atoms with Crippen molar-refractivity contribution in [3.05, 3.63) is 35.4 Å². The van der Waals surface area contributed by atoms with Crippen molar-refractivity contribution in [1.29, 1.82) is 5.26 Å². The average molecular weight is 238 g/mol. The molecule has 1 aromatic rings. The minimum atomic E-state index is -2.80. The van der Waals surface area contributed by atoms with Gasteiger partial charge in [-0.3, -0.25) is 0 Å². The molecule has 0 saturated carbocycles. The van der Waals surface area contributed by atoms with Gasteiger partial charge in [0.15, 0.2) is 0 Å². The van der Waals surface area contributed by atoms with E-state index >= 15 is 0 Å². The van der Waals surface area contributed by atoms with E-state index in [1.807, 2.05) is 6.07 Å². The highest BCUT2D eigenvalue weighted by molar-refractivity contribution is 5.31. The van der Waals surface area contributed by atoms with E-state index in [1.165, 1.54) is 0 Å². The fourth-order valence-corrected chi connectivity index (χ4v) is 1.69. The minimum Gasteiger partial charge on any atom is -0.366 e. The van der Waals surface area contributed by atoms with Gasteiger partial charge in [-0.2, -0.15) is 5.26 Å². The maximum Gasteiger partial charge on any atom is 0.287 e. The molecule has 0 aliphatic carbocycles. The van der Waals surface area contributed by atoms with Gasteiger partial charge >= 0.3 is 0 Å². The molecule has 17 heavy (non-hydrogen) atoms. The van der Waals surface area contributed by atoms with E-state index in [-0.39, 0.29) is 19.7 Å². The van der Waals surface area contributed by atoms with Crippen LogP contribution in [-0.4, -0.2) is 25.1 Å². The highest BCUT2D eigenvalue weighted by Gasteiger charge is 2.44. The van der Waals surface area contributed by atoms with Gasteiger partial charge in [0.1, 0.15) is 6.10 Å². The number of hydrogen-bond acceptors (Lipinski definition) is 3. The molecule has 90 valence electrons. The van der Waals surface area contributed by atoms with Crippen LogP contribution in [0.25, 0.3) is 0 Å². The lowest BCUT2D eigenvalue weighted by Crippen LogP contribution is -2.33. The Kier molecular flexibility index (Phi) is 3.36. The number of nitrogens with one attached hydrogen (secondary N) is 1. The molecule has 1 aromatic carbocycles. The quantitative estimate of drug-likeness (QED) is 0.871. The molecule has 1 saturated heterocycles. The summed E-state index contributed by atoms with van der Waals surface area (Å²) in [6.45, 7) is -0.0258. The molecule has 2 rings (SSSR count). The Labute approximate surface area is 98.0 Å². The summed E-state index contributed by atoms with van der Waals surface area (Å²) in [6, 6.07) is 8.69. The van der Waals surface area contributed by atoms with E-state index in [0.717, 1.165) is 5.56 Å². The second kappa shape index (κ2) is 4.78. The summed E-state index contributed by atoms with van der Waals surface area (Å²) in [5.74, 6) is -2.80. The van der Waals surface area contributed by atoms with Crippen LogP contribution >= 0.6 is 0 Å². The first-order valence-electron chi connectivity index (χ1n) is 5.31. The van der Waals surface area contributed by atoms with Crippen LogP contribution in [0.15, 0.2) is 24.3 Å². The van der Waals surface area contributed by atoms with Crippen molar-refractivity contribution in [2.24, 2.45) is 0 Å². The molecule has 1 N–H and O–H groups in total. The number of benzene rings is 1. The molecule has 5 heteroatoms. The lowest BCUT2D eigenvalue weighted by atomic mass is 10.1. The standard InChI is InChI=1S/C12H12F2N2O/c13-12(14)8-16-6-11(12)17-7-10-3-1-9(5-15)2-4-10/h1-4,11,16H,6-8H2. The molecular formula is C12H12F2N2O. The van der Waals surface area contributed by atoms with E-state index in [1.54, 1.807) is 24.3 Å². The third-order valence-electron chi connectivity index (χ3n) is 2.70. The predicted octanol–water partition coefficient (Wildman–Crippen LogP) is 1.68. The zero-order valence-corrected chi connectivity index (χ0v) is 9.12. The van der Waals surface area contributed by atoms with Crippen LogP contribution in [-0.2, 0) is 11.3 Å². The molecule has 1 heterocycles. The van der Waals surface area contributed by atoms with E-state index in [4.69, 9.17) is 10.00 Å². The Hall–Kier alpha value is -1.51. The Balaban J connectivity index is 1.92. The molecule has 0 bridgehead atoms. The molecule has 0 aromatic heterocycles. The van der Waals surface area contributed by atoms with Gasteiger partial charge in [0.05, 0.1) is 24.8 Å². The summed E-state index contributed by atoms with van der Waals surface area (Å²) in [5.41, 5.74) is 1.33. The fraction of sp³-hybridized carbons (Fsp3) is 0.417. The Morgan fingerprint density at radius 2 is 2.12 bits per heavy atom. The van der Waals surface area contributed by atoms with Crippen LogP contribution in [0.1, 0.15) is 11.1 Å². The molecule has 0 spiro atoms. The number of rotatable bonds is 3. The highest BCUT2D eigenvalue weighted by Crippen LogP contribution is 2.25. The molecule has 0 radical (unpaired) electrons. The largest absolute Gasteiger partial charge is 0.366 e. The third-order valence-corrected chi connectivity index (χ3v) is 2.70. The molecule has 3 nitrogen and oxygen atoms in total. The van der Waals surface area contributed by atoms with Crippen LogP contribution in [0, 0.1) is 11.3 Å². The normalized spacial score (nSPS) is 22.3. The van der Waals surface area contributed by atoms with E-state index in [2.05, 4.69) is 5.32 Å². The Morgan fingerprint density at radius 3 is 2.65 bits per heavy atom. The van der Waals surface area contributed by atoms with Gasteiger partial charge in [-0.1, -0.05) is 12.1 Å². The van der Waals surface area contributed by atoms with E-state index in [0.29, 0.717) is 5.56 Å². The first kappa shape index (κ1) is 12.0. The van der Waals surface area contributed by atoms with E-state index in [9.17, 15) is 8.78 Å². The van der Waals surface area contributed by atoms with Crippen LogP contribution in [0.3, 0.4) is 0 Å². The topological polar surface area (TPSA) is 45.0 Å². The molecule has 1 unspecified atom stereocenters. The Bertz CT molecular complexity index is 425. The van der Waals surface area contributed by atoms with Crippen molar-refractivity contribution in [1.82, 2.24) is 5.32 Å². The minimum absolute atomic E-state index is 0.133. The molecule has 1 atom stereocenters. The van der Waals surface area contributed by atoms with Crippen molar-refractivity contribution in [2.45, 2.75) is 18.6 Å². The molecule has 1 fully saturated rings. The summed E-state index contributed by atoms with van der Waals surface area (Å²) in [7, 11) is 0. The number of hydrogen-bond donors (Lipinski definition) is 1. The van der Waals surface area contributed by atoms with Gasteiger partial charge < -0.3 is 10.1 Å². The first-order chi connectivity index (χ1) is 8.12. The predicted molar refractivity (Wildman–Crippen MR) is 57.6 cm³/mol. The second-order valence-corrected chi connectivity index (χ2v) is 4.00. The number of ether oxygens (including phenoxy) is 1. The van der Waals surface area contributed by atoms with E-state index < -0.39 is 12.0 Å². The maximum atomic E-state index is 13.2. The van der Waals surface area contributed by atoms with Crippen molar-refractivity contribution in [2.75, 3.05) is 13.1 Å². The third kappa shape index (κ3) is 2.78. The van der Waals surface area contributed by atoms with Gasteiger partial charge in [0, 0.05) is 6.54 Å². The average Bonchev–Trinajstić information content (AvgIpc) is 2.66. The zero-order valence-electron chi connectivity index (χ0n) is 9.12. The van der Waals surface area contributed by atoms with Crippen LogP contribution in [0.5, 0.6) is 0 Å². The van der Waals surface area contributed by atoms with Crippen molar-refractivity contribution >= 4 is 0 Å². The number of alkyl halides is 2. The first-order valence-corrected chi connectivity index (χ1v) is 5.31. The van der Waals surface area contributed by atoms with Gasteiger partial charge in [-0.25, -0.2) is 8.78 Å². The SMILES string of the molecule is N#Cc1ccc(COC2CNCC2(F)F)cc1. The monoisotopic (exact) mass is 238 g/mol. The van der Waals surface area contributed by atoms with Crippen LogP contribution < -0.4 is 5.32 Å². The molecule has 1 aliphatic rings. The van der Waals surface area contributed by atoms with Gasteiger partial charge in [-0.15, -0.1) is 0 Å². The number of halogens is 2. The van der Waals surface area contributed by atoms with Crippen LogP contribution in [0.2, 0.25) is 0 Å². The smallest absolute Gasteiger partial charge is 0.287 e. The van der Waals surface area contributed by atoms with Crippen molar-refractivity contribution < 1.29 is 13.5 Å². The zero-order chi connectivity index (χ0) is 12.3. The van der Waals surface area contributed by atoms with Crippen molar-refractivity contribution in [3.63, 3.8) is 0 Å². The summed E-state index contributed by atoms with van der Waals surface area (Å²) >= 11 is 0. The molecule has 1 aliphatic heterocycles. The summed E-state index contributed by atoms with van der Waals surface area (Å²) in [5, 5.41) is 11.2. The maximum absolute atomic E-state index is 13.2. The van der Waals surface area contributed by atoms with Gasteiger partial charge in [0.25, 0.3) is 5.92 Å². The number of nitrogens with zero attached hydrogens (tertiary/aromatic N) is 1. The summed E-state index contributed by atoms with van der Waals surface area (Å²) < 4.78 is 31.6. The molecular weight excluding hydrogens is 226 g/mol. The summed E-state index contributed by atoms with van der Waals surface area (Å²) in [6.07, 6.45) is -1.07. The lowest BCUT2D eigenvalue weighted by Gasteiger charge is -2.18. The molecule has 0 amide bonds. The Morgan fingerprint density at radius 1 is 1.41 bits per heavy atom. The summed E-state index contributed by atoms with van der Waals surface area (Å²) in [4.78, 5) is 0. The fourth-order valence-electron chi connectivity index (χ4n) is 1.69. The van der Waals surface area contributed by atoms with Gasteiger partial charge in [-0.05, 0) is 17.7 Å². The van der Waals surface area contributed by atoms with Crippen molar-refractivity contribution in [3.8, 4) is 6.07 Å². The van der Waals surface area contributed by atoms with Crippen LogP contribution in [0.4, 0.5) is 8.78 Å².